The summed E-state index contributed by atoms with van der Waals surface area (Å²) in [4.78, 5) is 35.4. The first-order valence-corrected chi connectivity index (χ1v) is 16.6. The summed E-state index contributed by atoms with van der Waals surface area (Å²) in [7, 11) is 1.65. The summed E-state index contributed by atoms with van der Waals surface area (Å²) in [6, 6.07) is 17.0. The minimum absolute atomic E-state index is 0.0478. The van der Waals surface area contributed by atoms with Crippen LogP contribution in [0.2, 0.25) is 10.0 Å². The summed E-state index contributed by atoms with van der Waals surface area (Å²) in [5.41, 5.74) is 5.58. The van der Waals surface area contributed by atoms with Crippen molar-refractivity contribution in [3.05, 3.63) is 93.9 Å². The first-order chi connectivity index (χ1) is 23.2. The van der Waals surface area contributed by atoms with E-state index < -0.39 is 5.91 Å². The number of pyridine rings is 2. The number of carbonyl (C=O) groups excluding carboxylic acids is 2. The molecule has 4 N–H and O–H groups in total. The van der Waals surface area contributed by atoms with Crippen LogP contribution < -0.4 is 20.7 Å². The molecule has 2 amide bonds. The van der Waals surface area contributed by atoms with Gasteiger partial charge < -0.3 is 30.7 Å². The van der Waals surface area contributed by atoms with Crippen molar-refractivity contribution >= 4 is 40.7 Å². The van der Waals surface area contributed by atoms with E-state index in [1.807, 2.05) is 35.2 Å². The van der Waals surface area contributed by atoms with E-state index in [9.17, 15) is 9.59 Å². The van der Waals surface area contributed by atoms with E-state index in [2.05, 4.69) is 25.9 Å². The SMILES string of the molecule is COc1cc(-c2nccc(-c3cccc(NC(=O)c4ccc(CNCCO)cn4)c3Cl)c2Cl)ccc1CNC1CC2(C1)CN(C(C)=O)C2. The van der Waals surface area contributed by atoms with Crippen LogP contribution in [0, 0.1) is 5.41 Å². The largest absolute Gasteiger partial charge is 0.496 e. The summed E-state index contributed by atoms with van der Waals surface area (Å²) < 4.78 is 5.76. The number of carbonyl (C=O) groups is 2. The molecule has 4 aromatic rings. The molecular weight excluding hydrogens is 651 g/mol. The molecule has 0 unspecified atom stereocenters. The van der Waals surface area contributed by atoms with Crippen LogP contribution in [-0.4, -0.2) is 71.2 Å². The lowest BCUT2D eigenvalue weighted by molar-refractivity contribution is -0.149. The molecule has 0 bridgehead atoms. The first kappa shape index (κ1) is 33.8. The zero-order valence-electron chi connectivity index (χ0n) is 26.9. The maximum Gasteiger partial charge on any atom is 0.274 e. The Morgan fingerprint density at radius 3 is 2.52 bits per heavy atom. The molecule has 1 aliphatic carbocycles. The molecule has 1 saturated heterocycles. The van der Waals surface area contributed by atoms with E-state index >= 15 is 0 Å². The Balaban J connectivity index is 1.14. The van der Waals surface area contributed by atoms with Crippen LogP contribution in [0.1, 0.15) is 41.4 Å². The van der Waals surface area contributed by atoms with E-state index in [-0.39, 0.29) is 18.2 Å². The third kappa shape index (κ3) is 7.18. The van der Waals surface area contributed by atoms with Crippen LogP contribution in [0.3, 0.4) is 0 Å². The molecule has 1 aliphatic heterocycles. The van der Waals surface area contributed by atoms with Gasteiger partial charge >= 0.3 is 0 Å². The average Bonchev–Trinajstić information content (AvgIpc) is 3.05. The van der Waals surface area contributed by atoms with Crippen molar-refractivity contribution in [1.82, 2.24) is 25.5 Å². The first-order valence-electron chi connectivity index (χ1n) is 15.9. The molecule has 250 valence electrons. The number of aromatic nitrogens is 2. The Bertz CT molecular complexity index is 1810. The molecule has 0 atom stereocenters. The molecule has 2 aromatic carbocycles. The Hall–Kier alpha value is -4.06. The Labute approximate surface area is 289 Å². The maximum absolute atomic E-state index is 13.0. The number of aliphatic hydroxyl groups is 1. The molecule has 10 nitrogen and oxygen atoms in total. The van der Waals surface area contributed by atoms with Crippen molar-refractivity contribution in [3.63, 3.8) is 0 Å². The minimum Gasteiger partial charge on any atom is -0.496 e. The monoisotopic (exact) mass is 688 g/mol. The van der Waals surface area contributed by atoms with Crippen LogP contribution >= 0.6 is 23.2 Å². The lowest BCUT2D eigenvalue weighted by atomic mass is 9.60. The smallest absolute Gasteiger partial charge is 0.274 e. The summed E-state index contributed by atoms with van der Waals surface area (Å²) in [5.74, 6) is 0.490. The fourth-order valence-electron chi connectivity index (χ4n) is 6.52. The standard InChI is InChI=1S/C36H38Cl2N6O4/c1-22(46)44-20-36(21-44)15-26(16-36)41-19-25-8-7-24(14-31(25)48-2)34-33(38)28(10-11-40-34)27-4-3-5-29(32(27)37)43-35(47)30-9-6-23(18-42-30)17-39-12-13-45/h3-11,14,18,26,39,41,45H,12-13,15-17,19-21H2,1-2H3,(H,43,47). The lowest BCUT2D eigenvalue weighted by Crippen LogP contribution is -2.66. The molecule has 0 radical (unpaired) electrons. The molecular formula is C36H38Cl2N6O4. The second-order valence-corrected chi connectivity index (χ2v) is 13.2. The molecule has 2 aromatic heterocycles. The summed E-state index contributed by atoms with van der Waals surface area (Å²) in [6.45, 7) is 5.10. The minimum atomic E-state index is -0.397. The number of ether oxygens (including phenoxy) is 1. The number of amides is 2. The van der Waals surface area contributed by atoms with Crippen LogP contribution in [-0.2, 0) is 17.9 Å². The predicted octanol–water partition coefficient (Wildman–Crippen LogP) is 5.56. The number of likely N-dealkylation sites (tertiary alicyclic amines) is 1. The van der Waals surface area contributed by atoms with Crippen molar-refractivity contribution in [3.8, 4) is 28.1 Å². The molecule has 2 aliphatic rings. The number of hydrogen-bond donors (Lipinski definition) is 4. The van der Waals surface area contributed by atoms with Gasteiger partial charge in [-0.2, -0.15) is 0 Å². The quantitative estimate of drug-likeness (QED) is 0.143. The predicted molar refractivity (Wildman–Crippen MR) is 187 cm³/mol. The van der Waals surface area contributed by atoms with E-state index in [4.69, 9.17) is 33.0 Å². The number of anilines is 1. The van der Waals surface area contributed by atoms with E-state index in [0.29, 0.717) is 63.6 Å². The number of methoxy groups -OCH3 is 1. The van der Waals surface area contributed by atoms with Gasteiger partial charge in [0.15, 0.2) is 0 Å². The Morgan fingerprint density at radius 1 is 1.02 bits per heavy atom. The van der Waals surface area contributed by atoms with E-state index in [0.717, 1.165) is 48.4 Å². The maximum atomic E-state index is 13.0. The Morgan fingerprint density at radius 2 is 1.81 bits per heavy atom. The van der Waals surface area contributed by atoms with Gasteiger partial charge in [-0.1, -0.05) is 53.5 Å². The Kier molecular flexibility index (Phi) is 10.3. The topological polar surface area (TPSA) is 129 Å². The van der Waals surface area contributed by atoms with Gasteiger partial charge in [-0.25, -0.2) is 0 Å². The van der Waals surface area contributed by atoms with Crippen LogP contribution in [0.4, 0.5) is 5.69 Å². The zero-order chi connectivity index (χ0) is 33.8. The summed E-state index contributed by atoms with van der Waals surface area (Å²) >= 11 is 13.8. The second kappa shape index (κ2) is 14.6. The molecule has 48 heavy (non-hydrogen) atoms. The number of hydrogen-bond acceptors (Lipinski definition) is 8. The summed E-state index contributed by atoms with van der Waals surface area (Å²) in [6.07, 6.45) is 5.45. The van der Waals surface area contributed by atoms with Crippen LogP contribution in [0.15, 0.2) is 67.0 Å². The van der Waals surface area contributed by atoms with Crippen molar-refractivity contribution < 1.29 is 19.4 Å². The van der Waals surface area contributed by atoms with Crippen molar-refractivity contribution in [2.24, 2.45) is 5.41 Å². The van der Waals surface area contributed by atoms with Crippen molar-refractivity contribution in [1.29, 1.82) is 0 Å². The molecule has 12 heteroatoms. The zero-order valence-corrected chi connectivity index (χ0v) is 28.4. The fraction of sp³-hybridized carbons (Fsp3) is 0.333. The fourth-order valence-corrected chi connectivity index (χ4v) is 7.12. The second-order valence-electron chi connectivity index (χ2n) is 12.5. The molecule has 3 heterocycles. The summed E-state index contributed by atoms with van der Waals surface area (Å²) in [5, 5.41) is 19.3. The van der Waals surface area contributed by atoms with Gasteiger partial charge in [0.25, 0.3) is 5.91 Å². The van der Waals surface area contributed by atoms with Crippen LogP contribution in [0.25, 0.3) is 22.4 Å². The highest BCUT2D eigenvalue weighted by Crippen LogP contribution is 2.48. The van der Waals surface area contributed by atoms with Gasteiger partial charge in [0.05, 0.1) is 35.1 Å². The number of nitrogens with zero attached hydrogens (tertiary/aromatic N) is 3. The molecule has 1 saturated carbocycles. The number of halogens is 2. The number of benzene rings is 2. The highest BCUT2D eigenvalue weighted by Gasteiger charge is 2.52. The third-order valence-electron chi connectivity index (χ3n) is 9.10. The highest BCUT2D eigenvalue weighted by atomic mass is 35.5. The molecule has 2 fully saturated rings. The highest BCUT2D eigenvalue weighted by molar-refractivity contribution is 6.39. The number of aliphatic hydroxyl groups excluding tert-OH is 1. The van der Waals surface area contributed by atoms with Crippen molar-refractivity contribution in [2.75, 3.05) is 38.7 Å². The van der Waals surface area contributed by atoms with Gasteiger partial charge in [-0.05, 0) is 42.7 Å². The van der Waals surface area contributed by atoms with Gasteiger partial charge in [0, 0.05) is 85.8 Å². The van der Waals surface area contributed by atoms with Crippen molar-refractivity contribution in [2.45, 2.75) is 38.9 Å². The lowest BCUT2D eigenvalue weighted by Gasteiger charge is -2.59. The number of rotatable bonds is 12. The van der Waals surface area contributed by atoms with Gasteiger partial charge in [-0.3, -0.25) is 19.6 Å². The third-order valence-corrected chi connectivity index (χ3v) is 9.89. The van der Waals surface area contributed by atoms with Gasteiger partial charge in [-0.15, -0.1) is 0 Å². The van der Waals surface area contributed by atoms with Gasteiger partial charge in [0.2, 0.25) is 5.91 Å². The van der Waals surface area contributed by atoms with E-state index in [1.165, 1.54) is 0 Å². The van der Waals surface area contributed by atoms with Gasteiger partial charge in [0.1, 0.15) is 11.4 Å². The normalized spacial score (nSPS) is 15.1. The molecule has 6 rings (SSSR count). The van der Waals surface area contributed by atoms with E-state index in [1.54, 1.807) is 50.7 Å². The molecule has 1 spiro atoms. The van der Waals surface area contributed by atoms with Crippen LogP contribution in [0.5, 0.6) is 5.75 Å². The number of nitrogens with one attached hydrogen (secondary N) is 3. The average molecular weight is 690 g/mol.